The molecule has 1 aromatic carbocycles. The molecule has 5 heteroatoms. The lowest BCUT2D eigenvalue weighted by atomic mass is 10.0. The Morgan fingerprint density at radius 3 is 2.14 bits per heavy atom. The second-order valence-electron chi connectivity index (χ2n) is 8.79. The molecule has 3 atom stereocenters. The zero-order valence-corrected chi connectivity index (χ0v) is 18.4. The number of carbonyl (C=O) groups excluding carboxylic acids is 2. The minimum absolute atomic E-state index is 0.00457. The van der Waals surface area contributed by atoms with Crippen molar-refractivity contribution in [3.8, 4) is 0 Å². The summed E-state index contributed by atoms with van der Waals surface area (Å²) >= 11 is 0. The second-order valence-corrected chi connectivity index (χ2v) is 8.79. The van der Waals surface area contributed by atoms with Crippen molar-refractivity contribution in [2.45, 2.75) is 79.1 Å². The smallest absolute Gasteiger partial charge is 0.309 e. The molecule has 0 saturated heterocycles. The van der Waals surface area contributed by atoms with Crippen LogP contribution in [-0.2, 0) is 30.2 Å². The Labute approximate surface area is 169 Å². The maximum Gasteiger partial charge on any atom is 0.309 e. The molecule has 0 heterocycles. The molecule has 5 nitrogen and oxygen atoms in total. The number of hydrogen-bond donors (Lipinski definition) is 0. The van der Waals surface area contributed by atoms with E-state index in [0.29, 0.717) is 18.9 Å². The molecule has 0 saturated carbocycles. The third-order valence-corrected chi connectivity index (χ3v) is 4.06. The second kappa shape index (κ2) is 11.2. The molecule has 1 aromatic rings. The van der Waals surface area contributed by atoms with Crippen LogP contribution in [-0.4, -0.2) is 36.4 Å². The van der Waals surface area contributed by atoms with Crippen LogP contribution in [0.2, 0.25) is 0 Å². The highest BCUT2D eigenvalue weighted by molar-refractivity contribution is 5.80. The molecule has 28 heavy (non-hydrogen) atoms. The zero-order chi connectivity index (χ0) is 21.3. The summed E-state index contributed by atoms with van der Waals surface area (Å²) in [5.74, 6) is -1.00. The van der Waals surface area contributed by atoms with E-state index in [1.165, 1.54) is 0 Å². The maximum absolute atomic E-state index is 12.6. The van der Waals surface area contributed by atoms with Gasteiger partial charge in [-0.25, -0.2) is 0 Å². The van der Waals surface area contributed by atoms with E-state index in [0.717, 1.165) is 5.56 Å². The molecule has 0 unspecified atom stereocenters. The SMILES string of the molecule is CC(C)CO[C@@H](C)[C@@H](Cc1ccccc1)OC(=O)[C@H](C)CC(=O)OC(C)(C)C. The maximum atomic E-state index is 12.6. The van der Waals surface area contributed by atoms with Crippen LogP contribution in [0.15, 0.2) is 30.3 Å². The minimum Gasteiger partial charge on any atom is -0.460 e. The Kier molecular flexibility index (Phi) is 9.66. The molecule has 0 aliphatic rings. The van der Waals surface area contributed by atoms with Crippen LogP contribution in [0.25, 0.3) is 0 Å². The van der Waals surface area contributed by atoms with Crippen LogP contribution >= 0.6 is 0 Å². The first kappa shape index (κ1) is 24.2. The highest BCUT2D eigenvalue weighted by Gasteiger charge is 2.28. The highest BCUT2D eigenvalue weighted by atomic mass is 16.6. The molecular formula is C23H36O5. The predicted octanol–water partition coefficient (Wildman–Crippen LogP) is 4.57. The van der Waals surface area contributed by atoms with Gasteiger partial charge in [0.2, 0.25) is 0 Å². The van der Waals surface area contributed by atoms with E-state index in [1.54, 1.807) is 27.7 Å². The lowest BCUT2D eigenvalue weighted by Crippen LogP contribution is -2.36. The quantitative estimate of drug-likeness (QED) is 0.546. The fourth-order valence-corrected chi connectivity index (χ4v) is 2.58. The third kappa shape index (κ3) is 9.88. The van der Waals surface area contributed by atoms with Gasteiger partial charge < -0.3 is 14.2 Å². The molecule has 0 aliphatic carbocycles. The predicted molar refractivity (Wildman–Crippen MR) is 110 cm³/mol. The van der Waals surface area contributed by atoms with E-state index >= 15 is 0 Å². The van der Waals surface area contributed by atoms with E-state index in [1.807, 2.05) is 37.3 Å². The van der Waals surface area contributed by atoms with Crippen LogP contribution in [0.4, 0.5) is 0 Å². The molecule has 0 aliphatic heterocycles. The average Bonchev–Trinajstić information content (AvgIpc) is 2.58. The summed E-state index contributed by atoms with van der Waals surface area (Å²) < 4.78 is 17.0. The Hall–Kier alpha value is -1.88. The fraction of sp³-hybridized carbons (Fsp3) is 0.652. The van der Waals surface area contributed by atoms with Crippen LogP contribution in [0.1, 0.15) is 60.5 Å². The van der Waals surface area contributed by atoms with Gasteiger partial charge in [-0.1, -0.05) is 51.1 Å². The third-order valence-electron chi connectivity index (χ3n) is 4.06. The first-order valence-electron chi connectivity index (χ1n) is 10.1. The van der Waals surface area contributed by atoms with Crippen molar-refractivity contribution >= 4 is 11.9 Å². The van der Waals surface area contributed by atoms with Crippen molar-refractivity contribution in [3.63, 3.8) is 0 Å². The molecular weight excluding hydrogens is 356 g/mol. The molecule has 1 rings (SSSR count). The largest absolute Gasteiger partial charge is 0.460 e. The van der Waals surface area contributed by atoms with E-state index in [4.69, 9.17) is 14.2 Å². The molecule has 158 valence electrons. The lowest BCUT2D eigenvalue weighted by molar-refractivity contribution is -0.167. The highest BCUT2D eigenvalue weighted by Crippen LogP contribution is 2.18. The van der Waals surface area contributed by atoms with Gasteiger partial charge >= 0.3 is 11.9 Å². The van der Waals surface area contributed by atoms with Gasteiger partial charge in [-0.2, -0.15) is 0 Å². The van der Waals surface area contributed by atoms with Crippen molar-refractivity contribution in [3.05, 3.63) is 35.9 Å². The number of benzene rings is 1. The number of carbonyl (C=O) groups is 2. The van der Waals surface area contributed by atoms with E-state index in [9.17, 15) is 9.59 Å². The van der Waals surface area contributed by atoms with Crippen molar-refractivity contribution in [2.75, 3.05) is 6.61 Å². The van der Waals surface area contributed by atoms with E-state index in [2.05, 4.69) is 13.8 Å². The first-order chi connectivity index (χ1) is 13.0. The normalized spacial score (nSPS) is 15.0. The standard InChI is InChI=1S/C23H36O5/c1-16(2)15-26-18(4)20(14-19-11-9-8-10-12-19)27-22(25)17(3)13-21(24)28-23(5,6)7/h8-12,16-18,20H,13-15H2,1-7H3/t17-,18+,20-/m1/s1. The van der Waals surface area contributed by atoms with Gasteiger partial charge in [-0.15, -0.1) is 0 Å². The zero-order valence-electron chi connectivity index (χ0n) is 18.4. The van der Waals surface area contributed by atoms with Crippen molar-refractivity contribution < 1.29 is 23.8 Å². The number of ether oxygens (including phenoxy) is 3. The van der Waals surface area contributed by atoms with Crippen molar-refractivity contribution in [1.29, 1.82) is 0 Å². The molecule has 0 bridgehead atoms. The monoisotopic (exact) mass is 392 g/mol. The Bertz CT molecular complexity index is 603. The van der Waals surface area contributed by atoms with Gasteiger partial charge in [0.15, 0.2) is 0 Å². The van der Waals surface area contributed by atoms with Gasteiger partial charge in [0.1, 0.15) is 11.7 Å². The molecule has 0 spiro atoms. The number of esters is 2. The van der Waals surface area contributed by atoms with Crippen LogP contribution in [0.3, 0.4) is 0 Å². The van der Waals surface area contributed by atoms with E-state index in [-0.39, 0.29) is 12.5 Å². The summed E-state index contributed by atoms with van der Waals surface area (Å²) in [6.45, 7) is 13.8. The molecule has 0 amide bonds. The van der Waals surface area contributed by atoms with Crippen LogP contribution < -0.4 is 0 Å². The average molecular weight is 393 g/mol. The number of hydrogen-bond acceptors (Lipinski definition) is 5. The molecule has 0 fully saturated rings. The van der Waals surface area contributed by atoms with Crippen molar-refractivity contribution in [2.24, 2.45) is 11.8 Å². The van der Waals surface area contributed by atoms with Crippen LogP contribution in [0, 0.1) is 11.8 Å². The summed E-state index contributed by atoms with van der Waals surface area (Å²) in [6.07, 6.45) is -0.115. The molecule has 0 aromatic heterocycles. The number of rotatable bonds is 10. The summed E-state index contributed by atoms with van der Waals surface area (Å²) in [6, 6.07) is 9.87. The summed E-state index contributed by atoms with van der Waals surface area (Å²) in [5.41, 5.74) is 0.496. The van der Waals surface area contributed by atoms with Crippen molar-refractivity contribution in [1.82, 2.24) is 0 Å². The van der Waals surface area contributed by atoms with Gasteiger partial charge in [-0.05, 0) is 39.2 Å². The Morgan fingerprint density at radius 2 is 1.61 bits per heavy atom. The first-order valence-corrected chi connectivity index (χ1v) is 10.1. The van der Waals surface area contributed by atoms with Gasteiger partial charge in [0.05, 0.1) is 18.4 Å². The molecule has 0 N–H and O–H groups in total. The lowest BCUT2D eigenvalue weighted by Gasteiger charge is -2.27. The molecule has 0 radical (unpaired) electrons. The summed E-state index contributed by atoms with van der Waals surface area (Å²) in [4.78, 5) is 24.6. The minimum atomic E-state index is -0.578. The topological polar surface area (TPSA) is 61.8 Å². The van der Waals surface area contributed by atoms with E-state index < -0.39 is 29.6 Å². The van der Waals surface area contributed by atoms with Gasteiger partial charge in [0, 0.05) is 13.0 Å². The Morgan fingerprint density at radius 1 is 1.00 bits per heavy atom. The summed E-state index contributed by atoms with van der Waals surface area (Å²) in [5, 5.41) is 0. The summed E-state index contributed by atoms with van der Waals surface area (Å²) in [7, 11) is 0. The fourth-order valence-electron chi connectivity index (χ4n) is 2.58. The van der Waals surface area contributed by atoms with Gasteiger partial charge in [0.25, 0.3) is 0 Å². The van der Waals surface area contributed by atoms with Crippen LogP contribution in [0.5, 0.6) is 0 Å². The van der Waals surface area contributed by atoms with Gasteiger partial charge in [-0.3, -0.25) is 9.59 Å². The Balaban J connectivity index is 2.74.